The molecule has 4 heteroatoms. The number of anilines is 1. The van der Waals surface area contributed by atoms with Gasteiger partial charge in [0, 0.05) is 29.8 Å². The summed E-state index contributed by atoms with van der Waals surface area (Å²) in [5.41, 5.74) is 2.14. The minimum Gasteiger partial charge on any atom is -0.496 e. The lowest BCUT2D eigenvalue weighted by Crippen LogP contribution is -2.31. The van der Waals surface area contributed by atoms with Crippen LogP contribution in [0.1, 0.15) is 32.3 Å². The maximum atomic E-state index is 11.3. The monoisotopic (exact) mass is 263 g/mol. The van der Waals surface area contributed by atoms with Crippen molar-refractivity contribution in [3.8, 4) is 5.75 Å². The molecule has 0 radical (unpaired) electrons. The second kappa shape index (κ2) is 5.11. The molecule has 2 unspecified atom stereocenters. The normalized spacial score (nSPS) is 19.4. The third-order valence-electron chi connectivity index (χ3n) is 3.95. The van der Waals surface area contributed by atoms with Gasteiger partial charge >= 0.3 is 5.97 Å². The Hall–Kier alpha value is -1.71. The van der Waals surface area contributed by atoms with Crippen LogP contribution in [-0.2, 0) is 4.79 Å². The zero-order valence-corrected chi connectivity index (χ0v) is 11.9. The van der Waals surface area contributed by atoms with Gasteiger partial charge in [-0.3, -0.25) is 4.79 Å². The molecule has 1 aliphatic heterocycles. The average Bonchev–Trinajstić information content (AvgIpc) is 2.77. The molecular weight excluding hydrogens is 242 g/mol. The first-order valence-corrected chi connectivity index (χ1v) is 6.63. The minimum absolute atomic E-state index is 0.0222. The summed E-state index contributed by atoms with van der Waals surface area (Å²) < 4.78 is 5.43. The van der Waals surface area contributed by atoms with E-state index in [0.29, 0.717) is 6.04 Å². The van der Waals surface area contributed by atoms with Gasteiger partial charge in [-0.25, -0.2) is 0 Å². The maximum Gasteiger partial charge on any atom is 0.306 e. The number of benzene rings is 1. The third-order valence-corrected chi connectivity index (χ3v) is 3.95. The van der Waals surface area contributed by atoms with Crippen molar-refractivity contribution < 1.29 is 14.6 Å². The molecule has 0 aliphatic carbocycles. The van der Waals surface area contributed by atoms with Gasteiger partial charge in [-0.15, -0.1) is 0 Å². The minimum atomic E-state index is -0.757. The Morgan fingerprint density at radius 2 is 2.11 bits per heavy atom. The molecule has 0 saturated heterocycles. The summed E-state index contributed by atoms with van der Waals surface area (Å²) in [7, 11) is 1.64. The lowest BCUT2D eigenvalue weighted by atomic mass is 9.88. The molecule has 2 rings (SSSR count). The highest BCUT2D eigenvalue weighted by Crippen LogP contribution is 2.46. The van der Waals surface area contributed by atoms with Gasteiger partial charge in [-0.05, 0) is 26.0 Å². The molecule has 19 heavy (non-hydrogen) atoms. The molecule has 2 atom stereocenters. The average molecular weight is 263 g/mol. The number of hydrogen-bond donors (Lipinski definition) is 1. The summed E-state index contributed by atoms with van der Waals surface area (Å²) in [4.78, 5) is 13.6. The number of carbonyl (C=O) groups is 1. The number of carboxylic acids is 1. The van der Waals surface area contributed by atoms with E-state index in [0.717, 1.165) is 23.5 Å². The Kier molecular flexibility index (Phi) is 3.69. The molecule has 4 nitrogen and oxygen atoms in total. The number of hydrogen-bond acceptors (Lipinski definition) is 3. The fourth-order valence-electron chi connectivity index (χ4n) is 2.80. The first kappa shape index (κ1) is 13.7. The van der Waals surface area contributed by atoms with E-state index in [1.54, 1.807) is 14.0 Å². The number of carboxylic acid groups (broad SMARTS) is 1. The summed E-state index contributed by atoms with van der Waals surface area (Å²) in [5.74, 6) is -0.406. The fraction of sp³-hybridized carbons (Fsp3) is 0.533. The number of nitrogens with zero attached hydrogens (tertiary/aromatic N) is 1. The molecule has 1 N–H and O–H groups in total. The van der Waals surface area contributed by atoms with Crippen molar-refractivity contribution in [2.24, 2.45) is 5.92 Å². The van der Waals surface area contributed by atoms with Crippen LogP contribution in [0, 0.1) is 5.92 Å². The van der Waals surface area contributed by atoms with Gasteiger partial charge in [0.15, 0.2) is 0 Å². The van der Waals surface area contributed by atoms with E-state index < -0.39 is 11.9 Å². The van der Waals surface area contributed by atoms with Crippen LogP contribution in [0.5, 0.6) is 5.75 Å². The van der Waals surface area contributed by atoms with Gasteiger partial charge in [0.05, 0.1) is 13.0 Å². The first-order chi connectivity index (χ1) is 8.97. The highest BCUT2D eigenvalue weighted by Gasteiger charge is 2.38. The van der Waals surface area contributed by atoms with E-state index in [1.165, 1.54) is 0 Å². The Balaban J connectivity index is 2.50. The van der Waals surface area contributed by atoms with Crippen molar-refractivity contribution >= 4 is 11.7 Å². The van der Waals surface area contributed by atoms with E-state index in [4.69, 9.17) is 4.74 Å². The van der Waals surface area contributed by atoms with Gasteiger partial charge < -0.3 is 14.7 Å². The van der Waals surface area contributed by atoms with Crippen LogP contribution in [0.15, 0.2) is 18.2 Å². The van der Waals surface area contributed by atoms with Gasteiger partial charge in [0.25, 0.3) is 0 Å². The Morgan fingerprint density at radius 1 is 1.42 bits per heavy atom. The Morgan fingerprint density at radius 3 is 2.63 bits per heavy atom. The molecule has 104 valence electrons. The summed E-state index contributed by atoms with van der Waals surface area (Å²) >= 11 is 0. The van der Waals surface area contributed by atoms with Crippen LogP contribution in [0.25, 0.3) is 0 Å². The van der Waals surface area contributed by atoms with Crippen LogP contribution in [-0.4, -0.2) is 30.8 Å². The zero-order chi connectivity index (χ0) is 14.2. The summed E-state index contributed by atoms with van der Waals surface area (Å²) in [5, 5.41) is 9.30. The van der Waals surface area contributed by atoms with E-state index in [-0.39, 0.29) is 5.92 Å². The van der Waals surface area contributed by atoms with Crippen LogP contribution in [0.3, 0.4) is 0 Å². The molecule has 0 fully saturated rings. The van der Waals surface area contributed by atoms with E-state index in [9.17, 15) is 9.90 Å². The SMILES string of the molecule is COc1cccc2c1C(C(C)C(=O)O)CN2C(C)C. The van der Waals surface area contributed by atoms with Crippen LogP contribution >= 0.6 is 0 Å². The van der Waals surface area contributed by atoms with Crippen molar-refractivity contribution in [2.75, 3.05) is 18.6 Å². The molecule has 1 heterocycles. The third kappa shape index (κ3) is 2.27. The lowest BCUT2D eigenvalue weighted by molar-refractivity contribution is -0.141. The molecule has 1 aliphatic rings. The van der Waals surface area contributed by atoms with Gasteiger partial charge in [0.2, 0.25) is 0 Å². The summed E-state index contributed by atoms with van der Waals surface area (Å²) in [6, 6.07) is 6.26. The molecule has 0 amide bonds. The van der Waals surface area contributed by atoms with Crippen molar-refractivity contribution in [3.63, 3.8) is 0 Å². The van der Waals surface area contributed by atoms with Crippen molar-refractivity contribution in [3.05, 3.63) is 23.8 Å². The molecule has 0 spiro atoms. The zero-order valence-electron chi connectivity index (χ0n) is 11.9. The Bertz CT molecular complexity index is 484. The van der Waals surface area contributed by atoms with Gasteiger partial charge in [-0.2, -0.15) is 0 Å². The number of fused-ring (bicyclic) bond motifs is 1. The molecule has 0 bridgehead atoms. The molecule has 1 aromatic rings. The standard InChI is InChI=1S/C15H21NO3/c1-9(2)16-8-11(10(3)15(17)18)14-12(16)6-5-7-13(14)19-4/h5-7,9-11H,8H2,1-4H3,(H,17,18). The maximum absolute atomic E-state index is 11.3. The van der Waals surface area contributed by atoms with E-state index >= 15 is 0 Å². The summed E-state index contributed by atoms with van der Waals surface area (Å²) in [6.07, 6.45) is 0. The second-order valence-corrected chi connectivity index (χ2v) is 5.37. The van der Waals surface area contributed by atoms with E-state index in [1.807, 2.05) is 18.2 Å². The molecular formula is C15H21NO3. The van der Waals surface area contributed by atoms with Crippen molar-refractivity contribution in [1.29, 1.82) is 0 Å². The lowest BCUT2D eigenvalue weighted by Gasteiger charge is -2.25. The number of ether oxygens (including phenoxy) is 1. The van der Waals surface area contributed by atoms with Gasteiger partial charge in [0.1, 0.15) is 5.75 Å². The predicted octanol–water partition coefficient (Wildman–Crippen LogP) is 2.73. The fourth-order valence-corrected chi connectivity index (χ4v) is 2.80. The van der Waals surface area contributed by atoms with Crippen LogP contribution in [0.4, 0.5) is 5.69 Å². The smallest absolute Gasteiger partial charge is 0.306 e. The molecule has 1 aromatic carbocycles. The van der Waals surface area contributed by atoms with Crippen molar-refractivity contribution in [1.82, 2.24) is 0 Å². The number of aliphatic carboxylic acids is 1. The Labute approximate surface area is 114 Å². The van der Waals surface area contributed by atoms with Crippen LogP contribution in [0.2, 0.25) is 0 Å². The van der Waals surface area contributed by atoms with Crippen molar-refractivity contribution in [2.45, 2.75) is 32.7 Å². The van der Waals surface area contributed by atoms with Gasteiger partial charge in [-0.1, -0.05) is 13.0 Å². The van der Waals surface area contributed by atoms with E-state index in [2.05, 4.69) is 18.7 Å². The molecule has 0 saturated carbocycles. The topological polar surface area (TPSA) is 49.8 Å². The largest absolute Gasteiger partial charge is 0.496 e. The number of rotatable bonds is 4. The number of methoxy groups -OCH3 is 1. The molecule has 0 aromatic heterocycles. The predicted molar refractivity (Wildman–Crippen MR) is 75.0 cm³/mol. The summed E-state index contributed by atoms with van der Waals surface area (Å²) in [6.45, 7) is 6.75. The van der Waals surface area contributed by atoms with Crippen LogP contribution < -0.4 is 9.64 Å². The first-order valence-electron chi connectivity index (χ1n) is 6.63. The highest BCUT2D eigenvalue weighted by molar-refractivity contribution is 5.75. The highest BCUT2D eigenvalue weighted by atomic mass is 16.5. The second-order valence-electron chi connectivity index (χ2n) is 5.37. The quantitative estimate of drug-likeness (QED) is 0.907.